The van der Waals surface area contributed by atoms with Gasteiger partial charge in [-0.3, -0.25) is 14.5 Å². The lowest BCUT2D eigenvalue weighted by molar-refractivity contribution is -0.138. The Morgan fingerprint density at radius 3 is 2.27 bits per heavy atom. The fourth-order valence-corrected chi connectivity index (χ4v) is 1.11. The van der Waals surface area contributed by atoms with E-state index in [0.29, 0.717) is 19.4 Å². The summed E-state index contributed by atoms with van der Waals surface area (Å²) in [4.78, 5) is 23.2. The molecule has 0 saturated carbocycles. The third kappa shape index (κ3) is 1.77. The van der Waals surface area contributed by atoms with Gasteiger partial charge in [0, 0.05) is 25.4 Å². The maximum atomic E-state index is 11.0. The number of carbonyl (C=O) groups excluding carboxylic acids is 2. The van der Waals surface area contributed by atoms with Gasteiger partial charge in [-0.15, -0.1) is 0 Å². The van der Waals surface area contributed by atoms with Crippen molar-refractivity contribution in [2.75, 3.05) is 6.54 Å². The predicted molar refractivity (Wildman–Crippen MR) is 39.6 cm³/mol. The summed E-state index contributed by atoms with van der Waals surface area (Å²) in [6, 6.07) is -0.124. The largest absolute Gasteiger partial charge is 0.326 e. The van der Waals surface area contributed by atoms with Gasteiger partial charge >= 0.3 is 0 Å². The molecule has 4 heteroatoms. The lowest BCUT2D eigenvalue weighted by atomic mass is 10.3. The minimum Gasteiger partial charge on any atom is -0.326 e. The van der Waals surface area contributed by atoms with Crippen LogP contribution in [0, 0.1) is 0 Å². The number of amides is 2. The van der Waals surface area contributed by atoms with Gasteiger partial charge in [0.1, 0.15) is 0 Å². The number of imide groups is 1. The van der Waals surface area contributed by atoms with Crippen LogP contribution in [-0.2, 0) is 9.59 Å². The van der Waals surface area contributed by atoms with E-state index in [1.54, 1.807) is 6.92 Å². The zero-order valence-electron chi connectivity index (χ0n) is 6.54. The van der Waals surface area contributed by atoms with Gasteiger partial charge in [0.2, 0.25) is 11.8 Å². The average molecular weight is 156 g/mol. The highest BCUT2D eigenvalue weighted by molar-refractivity contribution is 6.01. The van der Waals surface area contributed by atoms with Crippen LogP contribution >= 0.6 is 0 Å². The van der Waals surface area contributed by atoms with Gasteiger partial charge < -0.3 is 5.73 Å². The van der Waals surface area contributed by atoms with Gasteiger partial charge in [0.05, 0.1) is 0 Å². The van der Waals surface area contributed by atoms with E-state index < -0.39 is 0 Å². The van der Waals surface area contributed by atoms with E-state index in [4.69, 9.17) is 5.73 Å². The van der Waals surface area contributed by atoms with Crippen LogP contribution < -0.4 is 5.73 Å². The summed E-state index contributed by atoms with van der Waals surface area (Å²) in [6.07, 6.45) is 0.705. The topological polar surface area (TPSA) is 63.4 Å². The first-order valence-corrected chi connectivity index (χ1v) is 3.70. The number of nitrogens with zero attached hydrogens (tertiary/aromatic N) is 1. The van der Waals surface area contributed by atoms with Crippen LogP contribution in [-0.4, -0.2) is 29.3 Å². The van der Waals surface area contributed by atoms with E-state index in [1.165, 1.54) is 4.90 Å². The zero-order valence-corrected chi connectivity index (χ0v) is 6.54. The van der Waals surface area contributed by atoms with E-state index in [1.807, 2.05) is 0 Å². The molecule has 0 aliphatic carbocycles. The molecule has 1 fully saturated rings. The second-order valence-electron chi connectivity index (χ2n) is 2.88. The van der Waals surface area contributed by atoms with Crippen LogP contribution in [0.4, 0.5) is 0 Å². The highest BCUT2D eigenvalue weighted by atomic mass is 16.2. The van der Waals surface area contributed by atoms with Crippen LogP contribution in [0.15, 0.2) is 0 Å². The fraction of sp³-hybridized carbons (Fsp3) is 0.714. The van der Waals surface area contributed by atoms with Gasteiger partial charge in [0.15, 0.2) is 0 Å². The van der Waals surface area contributed by atoms with Crippen LogP contribution in [0.5, 0.6) is 0 Å². The molecule has 0 bridgehead atoms. The SMILES string of the molecule is CC(N)CN1C(=O)CCC1=O. The van der Waals surface area contributed by atoms with Crippen LogP contribution in [0.1, 0.15) is 19.8 Å². The lowest BCUT2D eigenvalue weighted by Gasteiger charge is -2.15. The highest BCUT2D eigenvalue weighted by Gasteiger charge is 2.28. The molecule has 2 amide bonds. The number of hydrogen-bond acceptors (Lipinski definition) is 3. The first-order chi connectivity index (χ1) is 5.11. The van der Waals surface area contributed by atoms with Gasteiger partial charge in [-0.1, -0.05) is 0 Å². The van der Waals surface area contributed by atoms with E-state index in [9.17, 15) is 9.59 Å². The van der Waals surface area contributed by atoms with Gasteiger partial charge in [0.25, 0.3) is 0 Å². The molecule has 1 aliphatic rings. The molecule has 4 nitrogen and oxygen atoms in total. The molecule has 1 rings (SSSR count). The zero-order chi connectivity index (χ0) is 8.43. The first kappa shape index (κ1) is 8.20. The molecule has 11 heavy (non-hydrogen) atoms. The van der Waals surface area contributed by atoms with Crippen molar-refractivity contribution in [2.45, 2.75) is 25.8 Å². The number of carbonyl (C=O) groups is 2. The summed E-state index contributed by atoms with van der Waals surface area (Å²) in [6.45, 7) is 2.14. The minimum atomic E-state index is -0.124. The predicted octanol–water partition coefficient (Wildman–Crippen LogP) is -0.517. The molecule has 0 spiro atoms. The van der Waals surface area contributed by atoms with E-state index in [0.717, 1.165) is 0 Å². The Kier molecular flexibility index (Phi) is 2.24. The lowest BCUT2D eigenvalue weighted by Crippen LogP contribution is -2.38. The molecule has 0 aromatic heterocycles. The average Bonchev–Trinajstić information content (AvgIpc) is 2.18. The molecule has 0 radical (unpaired) electrons. The Morgan fingerprint density at radius 1 is 1.45 bits per heavy atom. The monoisotopic (exact) mass is 156 g/mol. The summed E-state index contributed by atoms with van der Waals surface area (Å²) < 4.78 is 0. The Labute approximate surface area is 65.3 Å². The molecule has 1 unspecified atom stereocenters. The molecule has 1 atom stereocenters. The molecule has 1 aliphatic heterocycles. The minimum absolute atomic E-state index is 0.0905. The second kappa shape index (κ2) is 3.00. The van der Waals surface area contributed by atoms with Crippen LogP contribution in [0.25, 0.3) is 0 Å². The number of likely N-dealkylation sites (tertiary alicyclic amines) is 1. The van der Waals surface area contributed by atoms with Crippen molar-refractivity contribution >= 4 is 11.8 Å². The molecule has 62 valence electrons. The summed E-state index contributed by atoms with van der Waals surface area (Å²) in [5, 5.41) is 0. The Bertz CT molecular complexity index is 173. The van der Waals surface area contributed by atoms with Crippen molar-refractivity contribution < 1.29 is 9.59 Å². The number of rotatable bonds is 2. The van der Waals surface area contributed by atoms with Crippen molar-refractivity contribution in [3.8, 4) is 0 Å². The van der Waals surface area contributed by atoms with Crippen LogP contribution in [0.3, 0.4) is 0 Å². The van der Waals surface area contributed by atoms with E-state index >= 15 is 0 Å². The van der Waals surface area contributed by atoms with Crippen molar-refractivity contribution in [3.05, 3.63) is 0 Å². The summed E-state index contributed by atoms with van der Waals surface area (Å²) >= 11 is 0. The Morgan fingerprint density at radius 2 is 1.91 bits per heavy atom. The van der Waals surface area contributed by atoms with E-state index in [-0.39, 0.29) is 17.9 Å². The molecule has 1 saturated heterocycles. The third-order valence-electron chi connectivity index (χ3n) is 1.63. The molecule has 0 aromatic rings. The molecule has 1 heterocycles. The fourth-order valence-electron chi connectivity index (χ4n) is 1.11. The Balaban J connectivity index is 2.55. The molecular formula is C7H12N2O2. The van der Waals surface area contributed by atoms with Crippen molar-refractivity contribution in [1.82, 2.24) is 4.90 Å². The Hall–Kier alpha value is -0.900. The molecule has 0 aromatic carbocycles. The number of nitrogens with two attached hydrogens (primary N) is 1. The van der Waals surface area contributed by atoms with Crippen molar-refractivity contribution in [2.24, 2.45) is 5.73 Å². The smallest absolute Gasteiger partial charge is 0.229 e. The number of hydrogen-bond donors (Lipinski definition) is 1. The summed E-state index contributed by atoms with van der Waals surface area (Å²) in [5.74, 6) is -0.181. The van der Waals surface area contributed by atoms with Crippen molar-refractivity contribution in [3.63, 3.8) is 0 Å². The van der Waals surface area contributed by atoms with Gasteiger partial charge in [-0.05, 0) is 6.92 Å². The normalized spacial score (nSPS) is 21.1. The maximum Gasteiger partial charge on any atom is 0.229 e. The van der Waals surface area contributed by atoms with Crippen molar-refractivity contribution in [1.29, 1.82) is 0 Å². The van der Waals surface area contributed by atoms with Gasteiger partial charge in [-0.25, -0.2) is 0 Å². The molecular weight excluding hydrogens is 144 g/mol. The summed E-state index contributed by atoms with van der Waals surface area (Å²) in [5.41, 5.74) is 5.45. The van der Waals surface area contributed by atoms with Gasteiger partial charge in [-0.2, -0.15) is 0 Å². The highest BCUT2D eigenvalue weighted by Crippen LogP contribution is 2.10. The van der Waals surface area contributed by atoms with E-state index in [2.05, 4.69) is 0 Å². The van der Waals surface area contributed by atoms with Crippen LogP contribution in [0.2, 0.25) is 0 Å². The maximum absolute atomic E-state index is 11.0. The second-order valence-corrected chi connectivity index (χ2v) is 2.88. The third-order valence-corrected chi connectivity index (χ3v) is 1.63. The quantitative estimate of drug-likeness (QED) is 0.547. The first-order valence-electron chi connectivity index (χ1n) is 3.70. The summed E-state index contributed by atoms with van der Waals surface area (Å²) in [7, 11) is 0. The standard InChI is InChI=1S/C7H12N2O2/c1-5(8)4-9-6(10)2-3-7(9)11/h5H,2-4,8H2,1H3. The molecule has 2 N–H and O–H groups in total.